The molecule has 130 valence electrons. The number of likely N-dealkylation sites (tertiary alicyclic amines) is 1. The molecule has 1 fully saturated rings. The van der Waals surface area contributed by atoms with Crippen LogP contribution in [0.4, 0.5) is 0 Å². The van der Waals surface area contributed by atoms with Crippen molar-refractivity contribution in [3.05, 3.63) is 34.0 Å². The molecule has 1 aliphatic rings. The molecule has 6 nitrogen and oxygen atoms in total. The summed E-state index contributed by atoms with van der Waals surface area (Å²) >= 11 is 1.69. The van der Waals surface area contributed by atoms with Gasteiger partial charge in [0.2, 0.25) is 5.91 Å². The summed E-state index contributed by atoms with van der Waals surface area (Å²) in [5.41, 5.74) is 0. The molecule has 0 N–H and O–H groups in total. The standard InChI is InChI=1S/C17H25N5OS/c1-13-18-14(2)22(19-13)10-15-6-4-8-21(15)12-17(23)20(3)11-16-7-5-9-24-16/h5,7,9,15H,4,6,8,10-12H2,1-3H3/t15-/m0/s1. The molecule has 1 saturated heterocycles. The highest BCUT2D eigenvalue weighted by Gasteiger charge is 2.28. The Kier molecular flexibility index (Phi) is 5.30. The summed E-state index contributed by atoms with van der Waals surface area (Å²) in [6, 6.07) is 4.46. The van der Waals surface area contributed by atoms with Gasteiger partial charge < -0.3 is 4.90 Å². The molecule has 3 rings (SSSR count). The normalized spacial score (nSPS) is 18.2. The number of amides is 1. The van der Waals surface area contributed by atoms with Gasteiger partial charge in [0.05, 0.1) is 19.6 Å². The average molecular weight is 347 g/mol. The van der Waals surface area contributed by atoms with E-state index in [1.165, 1.54) is 4.88 Å². The van der Waals surface area contributed by atoms with Gasteiger partial charge in [-0.1, -0.05) is 6.07 Å². The van der Waals surface area contributed by atoms with E-state index in [4.69, 9.17) is 0 Å². The van der Waals surface area contributed by atoms with Crippen LogP contribution in [-0.2, 0) is 17.9 Å². The van der Waals surface area contributed by atoms with Crippen LogP contribution in [0.1, 0.15) is 29.4 Å². The predicted octanol–water partition coefficient (Wildman–Crippen LogP) is 2.08. The van der Waals surface area contributed by atoms with Gasteiger partial charge in [-0.3, -0.25) is 9.69 Å². The lowest BCUT2D eigenvalue weighted by Crippen LogP contribution is -2.42. The molecule has 0 bridgehead atoms. The fourth-order valence-corrected chi connectivity index (χ4v) is 4.02. The number of aryl methyl sites for hydroxylation is 2. The topological polar surface area (TPSA) is 54.3 Å². The highest BCUT2D eigenvalue weighted by molar-refractivity contribution is 7.09. The van der Waals surface area contributed by atoms with Crippen LogP contribution in [0.5, 0.6) is 0 Å². The minimum atomic E-state index is 0.182. The first kappa shape index (κ1) is 17.1. The van der Waals surface area contributed by atoms with Crippen molar-refractivity contribution in [1.29, 1.82) is 0 Å². The van der Waals surface area contributed by atoms with Crippen molar-refractivity contribution >= 4 is 17.2 Å². The van der Waals surface area contributed by atoms with Gasteiger partial charge in [-0.05, 0) is 44.7 Å². The van der Waals surface area contributed by atoms with Crippen LogP contribution in [0.3, 0.4) is 0 Å². The van der Waals surface area contributed by atoms with Gasteiger partial charge in [-0.15, -0.1) is 11.3 Å². The average Bonchev–Trinajstić information content (AvgIpc) is 3.24. The molecule has 3 heterocycles. The summed E-state index contributed by atoms with van der Waals surface area (Å²) in [5, 5.41) is 6.51. The first-order valence-corrected chi connectivity index (χ1v) is 9.29. The minimum absolute atomic E-state index is 0.182. The number of carbonyl (C=O) groups is 1. The molecule has 1 aliphatic heterocycles. The highest BCUT2D eigenvalue weighted by Crippen LogP contribution is 2.19. The smallest absolute Gasteiger partial charge is 0.236 e. The van der Waals surface area contributed by atoms with Gasteiger partial charge >= 0.3 is 0 Å². The summed E-state index contributed by atoms with van der Waals surface area (Å²) < 4.78 is 1.97. The van der Waals surface area contributed by atoms with Crippen LogP contribution in [0.15, 0.2) is 17.5 Å². The molecule has 7 heteroatoms. The van der Waals surface area contributed by atoms with E-state index in [-0.39, 0.29) is 5.91 Å². The number of likely N-dealkylation sites (N-methyl/N-ethyl adjacent to an activating group) is 1. The Bertz CT molecular complexity index is 681. The lowest BCUT2D eigenvalue weighted by molar-refractivity contribution is -0.131. The Morgan fingerprint density at radius 1 is 1.46 bits per heavy atom. The second-order valence-electron chi connectivity index (χ2n) is 6.48. The molecule has 0 saturated carbocycles. The Balaban J connectivity index is 1.57. The van der Waals surface area contributed by atoms with Crippen LogP contribution in [-0.4, -0.2) is 56.7 Å². The first-order chi connectivity index (χ1) is 11.5. The Morgan fingerprint density at radius 3 is 2.96 bits per heavy atom. The molecule has 0 aliphatic carbocycles. The zero-order valence-electron chi connectivity index (χ0n) is 14.6. The van der Waals surface area contributed by atoms with E-state index in [2.05, 4.69) is 21.0 Å². The Labute approximate surface area is 147 Å². The van der Waals surface area contributed by atoms with E-state index < -0.39 is 0 Å². The van der Waals surface area contributed by atoms with Crippen molar-refractivity contribution in [3.8, 4) is 0 Å². The lowest BCUT2D eigenvalue weighted by atomic mass is 10.2. The highest BCUT2D eigenvalue weighted by atomic mass is 32.1. The number of nitrogens with zero attached hydrogens (tertiary/aromatic N) is 5. The monoisotopic (exact) mass is 347 g/mol. The fraction of sp³-hybridized carbons (Fsp3) is 0.588. The maximum Gasteiger partial charge on any atom is 0.236 e. The summed E-state index contributed by atoms with van der Waals surface area (Å²) in [5.74, 6) is 1.94. The number of rotatable bonds is 6. The molecule has 0 radical (unpaired) electrons. The van der Waals surface area contributed by atoms with Gasteiger partial charge in [-0.25, -0.2) is 9.67 Å². The maximum atomic E-state index is 12.5. The van der Waals surface area contributed by atoms with Crippen LogP contribution < -0.4 is 0 Å². The number of aromatic nitrogens is 3. The van der Waals surface area contributed by atoms with E-state index in [0.717, 1.165) is 37.6 Å². The van der Waals surface area contributed by atoms with Crippen LogP contribution >= 0.6 is 11.3 Å². The van der Waals surface area contributed by atoms with Crippen LogP contribution in [0, 0.1) is 13.8 Å². The van der Waals surface area contributed by atoms with Crippen LogP contribution in [0.2, 0.25) is 0 Å². The van der Waals surface area contributed by atoms with Gasteiger partial charge in [0.1, 0.15) is 11.6 Å². The third-order valence-corrected chi connectivity index (χ3v) is 5.44. The van der Waals surface area contributed by atoms with E-state index in [9.17, 15) is 4.79 Å². The van der Waals surface area contributed by atoms with Crippen molar-refractivity contribution in [2.75, 3.05) is 20.1 Å². The van der Waals surface area contributed by atoms with E-state index >= 15 is 0 Å². The summed E-state index contributed by atoms with van der Waals surface area (Å²) in [4.78, 5) is 22.3. The Morgan fingerprint density at radius 2 is 2.29 bits per heavy atom. The van der Waals surface area contributed by atoms with E-state index in [1.54, 1.807) is 11.3 Å². The van der Waals surface area contributed by atoms with Crippen molar-refractivity contribution in [3.63, 3.8) is 0 Å². The molecule has 0 aromatic carbocycles. The third kappa shape index (κ3) is 4.02. The molecule has 2 aromatic heterocycles. The van der Waals surface area contributed by atoms with Crippen molar-refractivity contribution < 1.29 is 4.79 Å². The lowest BCUT2D eigenvalue weighted by Gasteiger charge is -2.26. The molecule has 2 aromatic rings. The molecular formula is C17H25N5OS. The van der Waals surface area contributed by atoms with Gasteiger partial charge in [0, 0.05) is 18.0 Å². The molecular weight excluding hydrogens is 322 g/mol. The largest absolute Gasteiger partial charge is 0.340 e. The maximum absolute atomic E-state index is 12.5. The quantitative estimate of drug-likeness (QED) is 0.803. The summed E-state index contributed by atoms with van der Waals surface area (Å²) in [6.07, 6.45) is 2.25. The van der Waals surface area contributed by atoms with Crippen molar-refractivity contribution in [2.24, 2.45) is 0 Å². The molecule has 24 heavy (non-hydrogen) atoms. The number of hydrogen-bond acceptors (Lipinski definition) is 5. The fourth-order valence-electron chi connectivity index (χ4n) is 3.26. The van der Waals surface area contributed by atoms with Gasteiger partial charge in [0.15, 0.2) is 0 Å². The molecule has 0 unspecified atom stereocenters. The summed E-state index contributed by atoms with van der Waals surface area (Å²) in [6.45, 7) is 6.87. The second kappa shape index (κ2) is 7.44. The zero-order chi connectivity index (χ0) is 17.1. The Hall–Kier alpha value is -1.73. The molecule has 0 spiro atoms. The minimum Gasteiger partial charge on any atom is -0.340 e. The summed E-state index contributed by atoms with van der Waals surface area (Å²) in [7, 11) is 1.89. The van der Waals surface area contributed by atoms with E-state index in [0.29, 0.717) is 19.1 Å². The molecule has 1 atom stereocenters. The van der Waals surface area contributed by atoms with Crippen molar-refractivity contribution in [1.82, 2.24) is 24.6 Å². The van der Waals surface area contributed by atoms with Crippen molar-refractivity contribution in [2.45, 2.75) is 45.8 Å². The number of hydrogen-bond donors (Lipinski definition) is 0. The molecule has 1 amide bonds. The van der Waals surface area contributed by atoms with Gasteiger partial charge in [0.25, 0.3) is 0 Å². The predicted molar refractivity (Wildman–Crippen MR) is 94.9 cm³/mol. The van der Waals surface area contributed by atoms with E-state index in [1.807, 2.05) is 41.9 Å². The SMILES string of the molecule is Cc1nc(C)n(C[C@@H]2CCCN2CC(=O)N(C)Cc2cccs2)n1. The van der Waals surface area contributed by atoms with Gasteiger partial charge in [-0.2, -0.15) is 5.10 Å². The second-order valence-corrected chi connectivity index (χ2v) is 7.52. The number of carbonyl (C=O) groups excluding carboxylic acids is 1. The first-order valence-electron chi connectivity index (χ1n) is 8.41. The number of thiophene rings is 1. The van der Waals surface area contributed by atoms with Crippen LogP contribution in [0.25, 0.3) is 0 Å². The third-order valence-electron chi connectivity index (χ3n) is 4.58. The zero-order valence-corrected chi connectivity index (χ0v) is 15.4.